The number of amides is 2. The Hall–Kier alpha value is -3.61. The minimum atomic E-state index is -0.272. The Morgan fingerprint density at radius 3 is 2.39 bits per heavy atom. The number of aryl methyl sites for hydroxylation is 1. The molecule has 0 spiro atoms. The summed E-state index contributed by atoms with van der Waals surface area (Å²) < 4.78 is 10.7. The number of urea groups is 1. The zero-order valence-electron chi connectivity index (χ0n) is 17.9. The summed E-state index contributed by atoms with van der Waals surface area (Å²) in [5.74, 6) is 1.19. The van der Waals surface area contributed by atoms with E-state index in [-0.39, 0.29) is 6.03 Å². The number of hydrogen-bond donors (Lipinski definition) is 2. The third-order valence-electron chi connectivity index (χ3n) is 4.69. The SMILES string of the molecule is CCCCc1ccc(NC(=O)NCCOc2ccc(-c3ccc(OC)cc3)nn2)cc1. The van der Waals surface area contributed by atoms with Crippen LogP contribution in [0, 0.1) is 0 Å². The zero-order chi connectivity index (χ0) is 21.9. The molecule has 31 heavy (non-hydrogen) atoms. The normalized spacial score (nSPS) is 10.4. The van der Waals surface area contributed by atoms with Gasteiger partial charge in [0, 0.05) is 17.3 Å². The van der Waals surface area contributed by atoms with Crippen molar-refractivity contribution < 1.29 is 14.3 Å². The van der Waals surface area contributed by atoms with Crippen LogP contribution in [0.2, 0.25) is 0 Å². The van der Waals surface area contributed by atoms with Gasteiger partial charge in [-0.2, -0.15) is 0 Å². The second kappa shape index (κ2) is 11.5. The van der Waals surface area contributed by atoms with Crippen LogP contribution in [-0.2, 0) is 6.42 Å². The first-order valence-corrected chi connectivity index (χ1v) is 10.4. The van der Waals surface area contributed by atoms with Gasteiger partial charge in [0.2, 0.25) is 5.88 Å². The summed E-state index contributed by atoms with van der Waals surface area (Å²) in [4.78, 5) is 12.0. The average Bonchev–Trinajstić information content (AvgIpc) is 2.82. The molecule has 0 bridgehead atoms. The molecule has 0 aliphatic carbocycles. The van der Waals surface area contributed by atoms with Crippen molar-refractivity contribution in [1.29, 1.82) is 0 Å². The molecule has 2 aromatic carbocycles. The lowest BCUT2D eigenvalue weighted by Crippen LogP contribution is -2.32. The van der Waals surface area contributed by atoms with Crippen LogP contribution in [0.15, 0.2) is 60.7 Å². The number of methoxy groups -OCH3 is 1. The largest absolute Gasteiger partial charge is 0.497 e. The van der Waals surface area contributed by atoms with E-state index in [1.54, 1.807) is 13.2 Å². The molecule has 0 saturated heterocycles. The predicted octanol–water partition coefficient (Wildman–Crippen LogP) is 4.70. The van der Waals surface area contributed by atoms with Crippen molar-refractivity contribution in [2.75, 3.05) is 25.6 Å². The minimum absolute atomic E-state index is 0.272. The highest BCUT2D eigenvalue weighted by molar-refractivity contribution is 5.89. The van der Waals surface area contributed by atoms with Gasteiger partial charge in [0.05, 0.1) is 19.3 Å². The molecule has 0 unspecified atom stereocenters. The molecule has 3 rings (SSSR count). The Morgan fingerprint density at radius 2 is 1.74 bits per heavy atom. The molecule has 2 amide bonds. The van der Waals surface area contributed by atoms with Crippen LogP contribution < -0.4 is 20.1 Å². The fourth-order valence-electron chi connectivity index (χ4n) is 2.94. The molecule has 0 radical (unpaired) electrons. The highest BCUT2D eigenvalue weighted by Gasteiger charge is 2.04. The van der Waals surface area contributed by atoms with Crippen LogP contribution in [0.1, 0.15) is 25.3 Å². The summed E-state index contributed by atoms with van der Waals surface area (Å²) in [6, 6.07) is 18.8. The molecule has 7 heteroatoms. The molecule has 0 aliphatic heterocycles. The highest BCUT2D eigenvalue weighted by atomic mass is 16.5. The number of nitrogens with zero attached hydrogens (tertiary/aromatic N) is 2. The van der Waals surface area contributed by atoms with Crippen molar-refractivity contribution in [1.82, 2.24) is 15.5 Å². The number of unbranched alkanes of at least 4 members (excludes halogenated alkanes) is 1. The standard InChI is InChI=1S/C24H28N4O3/c1-3-4-5-18-6-10-20(11-7-18)26-24(29)25-16-17-31-23-15-14-22(27-28-23)19-8-12-21(30-2)13-9-19/h6-15H,3-5,16-17H2,1-2H3,(H2,25,26,29). The summed E-state index contributed by atoms with van der Waals surface area (Å²) in [6.07, 6.45) is 3.40. The van der Waals surface area contributed by atoms with E-state index >= 15 is 0 Å². The quantitative estimate of drug-likeness (QED) is 0.465. The van der Waals surface area contributed by atoms with E-state index in [4.69, 9.17) is 9.47 Å². The van der Waals surface area contributed by atoms with Crippen LogP contribution >= 0.6 is 0 Å². The Balaban J connectivity index is 1.38. The number of carbonyl (C=O) groups excluding carboxylic acids is 1. The molecular weight excluding hydrogens is 392 g/mol. The maximum absolute atomic E-state index is 12.0. The van der Waals surface area contributed by atoms with Crippen molar-refractivity contribution in [2.24, 2.45) is 0 Å². The van der Waals surface area contributed by atoms with Crippen molar-refractivity contribution >= 4 is 11.7 Å². The van der Waals surface area contributed by atoms with Gasteiger partial charge in [-0.1, -0.05) is 25.5 Å². The maximum atomic E-state index is 12.0. The maximum Gasteiger partial charge on any atom is 0.319 e. The van der Waals surface area contributed by atoms with E-state index in [1.165, 1.54) is 18.4 Å². The molecule has 1 heterocycles. The number of nitrogens with one attached hydrogen (secondary N) is 2. The van der Waals surface area contributed by atoms with Gasteiger partial charge in [-0.05, 0) is 60.9 Å². The number of rotatable bonds is 10. The van der Waals surface area contributed by atoms with Crippen LogP contribution in [0.4, 0.5) is 10.5 Å². The lowest BCUT2D eigenvalue weighted by Gasteiger charge is -2.09. The third kappa shape index (κ3) is 6.99. The lowest BCUT2D eigenvalue weighted by atomic mass is 10.1. The van der Waals surface area contributed by atoms with Gasteiger partial charge in [-0.3, -0.25) is 0 Å². The molecule has 2 N–H and O–H groups in total. The van der Waals surface area contributed by atoms with Crippen LogP contribution in [-0.4, -0.2) is 36.5 Å². The van der Waals surface area contributed by atoms with Gasteiger partial charge in [-0.25, -0.2) is 4.79 Å². The van der Waals surface area contributed by atoms with Crippen molar-refractivity contribution in [3.05, 3.63) is 66.2 Å². The lowest BCUT2D eigenvalue weighted by molar-refractivity contribution is 0.246. The van der Waals surface area contributed by atoms with Gasteiger partial charge < -0.3 is 20.1 Å². The molecule has 1 aromatic heterocycles. The summed E-state index contributed by atoms with van der Waals surface area (Å²) in [5, 5.41) is 13.8. The van der Waals surface area contributed by atoms with Gasteiger partial charge in [-0.15, -0.1) is 10.2 Å². The fourth-order valence-corrected chi connectivity index (χ4v) is 2.94. The van der Waals surface area contributed by atoms with Crippen molar-refractivity contribution in [2.45, 2.75) is 26.2 Å². The van der Waals surface area contributed by atoms with Gasteiger partial charge >= 0.3 is 6.03 Å². The van der Waals surface area contributed by atoms with E-state index in [2.05, 4.69) is 27.8 Å². The Morgan fingerprint density at radius 1 is 0.968 bits per heavy atom. The number of aromatic nitrogens is 2. The second-order valence-corrected chi connectivity index (χ2v) is 7.02. The molecule has 162 valence electrons. The number of hydrogen-bond acceptors (Lipinski definition) is 5. The topological polar surface area (TPSA) is 85.4 Å². The van der Waals surface area contributed by atoms with E-state index in [0.29, 0.717) is 19.0 Å². The molecule has 0 saturated carbocycles. The van der Waals surface area contributed by atoms with E-state index in [1.807, 2.05) is 54.6 Å². The number of ether oxygens (including phenoxy) is 2. The summed E-state index contributed by atoms with van der Waals surface area (Å²) in [5.41, 5.74) is 3.73. The molecule has 0 atom stereocenters. The number of benzene rings is 2. The first-order valence-electron chi connectivity index (χ1n) is 10.4. The van der Waals surface area contributed by atoms with Crippen LogP contribution in [0.25, 0.3) is 11.3 Å². The van der Waals surface area contributed by atoms with Gasteiger partial charge in [0.1, 0.15) is 12.4 Å². The smallest absolute Gasteiger partial charge is 0.319 e. The fraction of sp³-hybridized carbons (Fsp3) is 0.292. The van der Waals surface area contributed by atoms with E-state index in [9.17, 15) is 4.79 Å². The molecule has 3 aromatic rings. The first-order chi connectivity index (χ1) is 15.2. The van der Waals surface area contributed by atoms with Gasteiger partial charge in [0.25, 0.3) is 0 Å². The molecule has 0 fully saturated rings. The Bertz CT molecular complexity index is 942. The summed E-state index contributed by atoms with van der Waals surface area (Å²) >= 11 is 0. The Labute approximate surface area is 182 Å². The predicted molar refractivity (Wildman–Crippen MR) is 122 cm³/mol. The number of carbonyl (C=O) groups is 1. The van der Waals surface area contributed by atoms with Gasteiger partial charge in [0.15, 0.2) is 0 Å². The van der Waals surface area contributed by atoms with E-state index in [0.717, 1.165) is 29.1 Å². The summed E-state index contributed by atoms with van der Waals surface area (Å²) in [7, 11) is 1.63. The zero-order valence-corrected chi connectivity index (χ0v) is 17.9. The average molecular weight is 421 g/mol. The van der Waals surface area contributed by atoms with Crippen molar-refractivity contribution in [3.8, 4) is 22.9 Å². The van der Waals surface area contributed by atoms with E-state index < -0.39 is 0 Å². The summed E-state index contributed by atoms with van der Waals surface area (Å²) in [6.45, 7) is 2.82. The second-order valence-electron chi connectivity index (χ2n) is 7.02. The first kappa shape index (κ1) is 22.1. The molecular formula is C24H28N4O3. The number of anilines is 1. The monoisotopic (exact) mass is 420 g/mol. The molecule has 0 aliphatic rings. The highest BCUT2D eigenvalue weighted by Crippen LogP contribution is 2.21. The Kier molecular flexibility index (Phi) is 8.22. The van der Waals surface area contributed by atoms with Crippen LogP contribution in [0.5, 0.6) is 11.6 Å². The minimum Gasteiger partial charge on any atom is -0.497 e. The van der Waals surface area contributed by atoms with Crippen LogP contribution in [0.3, 0.4) is 0 Å². The third-order valence-corrected chi connectivity index (χ3v) is 4.69. The molecule has 7 nitrogen and oxygen atoms in total. The van der Waals surface area contributed by atoms with Crippen molar-refractivity contribution in [3.63, 3.8) is 0 Å².